The molecule has 0 amide bonds. The van der Waals surface area contributed by atoms with Crippen molar-refractivity contribution >= 4 is 11.8 Å². The van der Waals surface area contributed by atoms with Gasteiger partial charge in [0.05, 0.1) is 13.2 Å². The van der Waals surface area contributed by atoms with Gasteiger partial charge in [0.15, 0.2) is 0 Å². The van der Waals surface area contributed by atoms with Crippen molar-refractivity contribution in [1.29, 1.82) is 0 Å². The molecule has 0 bridgehead atoms. The highest BCUT2D eigenvalue weighted by Gasteiger charge is 2.62. The number of rotatable bonds is 4. The van der Waals surface area contributed by atoms with Crippen molar-refractivity contribution in [1.82, 2.24) is 0 Å². The Morgan fingerprint density at radius 3 is 1.24 bits per heavy atom. The first kappa shape index (κ1) is 21.2. The Labute approximate surface area is 145 Å². The molecule has 2 fully saturated rings. The van der Waals surface area contributed by atoms with Crippen molar-refractivity contribution in [3.63, 3.8) is 0 Å². The summed E-state index contributed by atoms with van der Waals surface area (Å²) < 4.78 is 9.83. The molecule has 0 radical (unpaired) electrons. The number of aliphatic hydroxyl groups excluding tert-OH is 8. The maximum atomic E-state index is 10.4. The van der Waals surface area contributed by atoms with E-state index in [4.69, 9.17) is 19.7 Å². The van der Waals surface area contributed by atoms with E-state index in [1.54, 1.807) is 0 Å². The van der Waals surface area contributed by atoms with Crippen molar-refractivity contribution in [2.45, 2.75) is 59.1 Å². The van der Waals surface area contributed by atoms with Gasteiger partial charge < -0.3 is 60.5 Å². The first-order valence-corrected chi connectivity index (χ1v) is 8.13. The second-order valence-corrected chi connectivity index (χ2v) is 7.27. The van der Waals surface area contributed by atoms with Gasteiger partial charge in [0, 0.05) is 0 Å². The van der Waals surface area contributed by atoms with E-state index >= 15 is 0 Å². The van der Waals surface area contributed by atoms with Gasteiger partial charge >= 0.3 is 0 Å². The molecule has 148 valence electrons. The smallest absolute Gasteiger partial charge is 0.250 e. The van der Waals surface area contributed by atoms with E-state index in [0.29, 0.717) is 0 Å². The number of hydrogen-bond donors (Lipinski definition) is 10. The second-order valence-electron chi connectivity index (χ2n) is 5.89. The first-order chi connectivity index (χ1) is 11.5. The third-order valence-corrected chi connectivity index (χ3v) is 5.41. The summed E-state index contributed by atoms with van der Waals surface area (Å²) in [5.41, 5.74) is 0. The van der Waals surface area contributed by atoms with Gasteiger partial charge in [-0.1, -0.05) is 0 Å². The van der Waals surface area contributed by atoms with Crippen LogP contribution in [0.15, 0.2) is 0 Å². The number of hydrogen-bond acceptors (Lipinski definition) is 13. The first-order valence-electron chi connectivity index (χ1n) is 7.31. The lowest BCUT2D eigenvalue weighted by Crippen LogP contribution is -2.69. The highest BCUT2D eigenvalue weighted by molar-refractivity contribution is 8.01. The Morgan fingerprint density at radius 1 is 0.640 bits per heavy atom. The van der Waals surface area contributed by atoms with Crippen LogP contribution in [0.3, 0.4) is 0 Å². The molecule has 0 spiro atoms. The lowest BCUT2D eigenvalue weighted by atomic mass is 9.99. The van der Waals surface area contributed by atoms with Crippen LogP contribution >= 0.6 is 11.8 Å². The highest BCUT2D eigenvalue weighted by atomic mass is 32.2. The second kappa shape index (κ2) is 7.47. The predicted octanol–water partition coefficient (Wildman–Crippen LogP) is -6.04. The van der Waals surface area contributed by atoms with Crippen LogP contribution in [0.25, 0.3) is 0 Å². The quantitative estimate of drug-likeness (QED) is 0.202. The molecule has 2 heterocycles. The largest absolute Gasteiger partial charge is 0.394 e. The summed E-state index contributed by atoms with van der Waals surface area (Å²) in [6.07, 6.45) is -15.0. The zero-order valence-electron chi connectivity index (χ0n) is 12.7. The highest BCUT2D eigenvalue weighted by Crippen LogP contribution is 2.47. The number of ether oxygens (including phenoxy) is 2. The van der Waals surface area contributed by atoms with Crippen LogP contribution in [0.2, 0.25) is 0 Å². The lowest BCUT2D eigenvalue weighted by Gasteiger charge is -2.50. The van der Waals surface area contributed by atoms with Crippen molar-refractivity contribution in [2.24, 2.45) is 0 Å². The maximum Gasteiger partial charge on any atom is 0.250 e. The summed E-state index contributed by atoms with van der Waals surface area (Å²) in [5.74, 6) is 0. The monoisotopic (exact) mass is 390 g/mol. The average molecular weight is 390 g/mol. The van der Waals surface area contributed by atoms with Crippen LogP contribution in [0.1, 0.15) is 0 Å². The van der Waals surface area contributed by atoms with E-state index in [2.05, 4.69) is 0 Å². The Hall–Kier alpha value is -0.130. The van der Waals surface area contributed by atoms with Crippen molar-refractivity contribution < 1.29 is 60.5 Å². The SMILES string of the molecule is OC[C@H]1O[C@](O)(S[C@@]2(O)O[C@H](CO)[C@H](O)[C@H](O)[C@H]2O)[C@H](O)[C@@H](O)[C@H]1O. The molecule has 0 aliphatic carbocycles. The maximum absolute atomic E-state index is 10.4. The molecule has 10 atom stereocenters. The molecule has 2 saturated heterocycles. The lowest BCUT2D eigenvalue weighted by molar-refractivity contribution is -0.324. The van der Waals surface area contributed by atoms with E-state index < -0.39 is 72.3 Å². The van der Waals surface area contributed by atoms with Crippen LogP contribution in [-0.4, -0.2) is 123 Å². The topological polar surface area (TPSA) is 221 Å². The van der Waals surface area contributed by atoms with Crippen LogP contribution in [0, 0.1) is 0 Å². The molecule has 0 aromatic heterocycles. The molecule has 2 aliphatic rings. The number of thioether (sulfide) groups is 1. The minimum absolute atomic E-state index is 0.186. The zero-order valence-corrected chi connectivity index (χ0v) is 13.5. The molecule has 25 heavy (non-hydrogen) atoms. The van der Waals surface area contributed by atoms with Crippen LogP contribution in [0.5, 0.6) is 0 Å². The van der Waals surface area contributed by atoms with Gasteiger partial charge in [0.1, 0.15) is 48.8 Å². The third-order valence-electron chi connectivity index (χ3n) is 4.15. The fourth-order valence-electron chi connectivity index (χ4n) is 2.63. The van der Waals surface area contributed by atoms with E-state index in [1.165, 1.54) is 0 Å². The van der Waals surface area contributed by atoms with Crippen molar-refractivity contribution in [3.8, 4) is 0 Å². The Morgan fingerprint density at radius 2 is 0.960 bits per heavy atom. The normalized spacial score (nSPS) is 54.5. The van der Waals surface area contributed by atoms with Gasteiger partial charge in [0.25, 0.3) is 10.2 Å². The van der Waals surface area contributed by atoms with Crippen molar-refractivity contribution in [3.05, 3.63) is 0 Å². The van der Waals surface area contributed by atoms with Gasteiger partial charge in [-0.15, -0.1) is 0 Å². The molecule has 0 unspecified atom stereocenters. The summed E-state index contributed by atoms with van der Waals surface area (Å²) in [6, 6.07) is 0. The van der Waals surface area contributed by atoms with E-state index in [1.807, 2.05) is 0 Å². The third kappa shape index (κ3) is 3.66. The van der Waals surface area contributed by atoms with Crippen LogP contribution in [-0.2, 0) is 9.47 Å². The van der Waals surface area contributed by atoms with Gasteiger partial charge in [-0.25, -0.2) is 0 Å². The van der Waals surface area contributed by atoms with Crippen LogP contribution in [0.4, 0.5) is 0 Å². The number of aliphatic hydroxyl groups is 10. The Kier molecular flexibility index (Phi) is 6.33. The van der Waals surface area contributed by atoms with Gasteiger partial charge in [-0.3, -0.25) is 0 Å². The minimum Gasteiger partial charge on any atom is -0.394 e. The summed E-state index contributed by atoms with van der Waals surface area (Å²) in [5, 5.41) is 92.1. The summed E-state index contributed by atoms with van der Waals surface area (Å²) in [6.45, 7) is -1.73. The molecular formula is C12H22O12S. The van der Waals surface area contributed by atoms with Gasteiger partial charge in [-0.05, 0) is 11.8 Å². The van der Waals surface area contributed by atoms with Crippen molar-refractivity contribution in [2.75, 3.05) is 13.2 Å². The standard InChI is InChI=1S/C12H22O12S/c13-1-3-5(15)7(17)9(19)11(21,23-3)25-12(22)10(20)8(18)6(16)4(2-14)24-12/h3-10,13-22H,1-2H2/t3-,4-,5+,6+,7+,8+,9-,10-,11+,12+/m1/s1. The Balaban J connectivity index is 2.28. The summed E-state index contributed by atoms with van der Waals surface area (Å²) in [7, 11) is 0. The molecule has 12 nitrogen and oxygen atoms in total. The molecule has 0 aromatic carbocycles. The molecule has 0 saturated carbocycles. The average Bonchev–Trinajstić information content (AvgIpc) is 2.58. The van der Waals surface area contributed by atoms with Gasteiger partial charge in [0.2, 0.25) is 0 Å². The van der Waals surface area contributed by atoms with Gasteiger partial charge in [-0.2, -0.15) is 0 Å². The van der Waals surface area contributed by atoms with E-state index in [9.17, 15) is 40.9 Å². The van der Waals surface area contributed by atoms with E-state index in [0.717, 1.165) is 0 Å². The summed E-state index contributed by atoms with van der Waals surface area (Å²) >= 11 is -0.186. The van der Waals surface area contributed by atoms with E-state index in [-0.39, 0.29) is 11.8 Å². The minimum atomic E-state index is -2.89. The fourth-order valence-corrected chi connectivity index (χ4v) is 3.91. The Bertz CT molecular complexity index is 425. The predicted molar refractivity (Wildman–Crippen MR) is 77.4 cm³/mol. The zero-order chi connectivity index (χ0) is 19.2. The molecule has 2 rings (SSSR count). The van der Waals surface area contributed by atoms with Crippen LogP contribution < -0.4 is 0 Å². The fraction of sp³-hybridized carbons (Fsp3) is 1.00. The summed E-state index contributed by atoms with van der Waals surface area (Å²) in [4.78, 5) is 0. The molecule has 2 aliphatic heterocycles. The molecule has 13 heteroatoms. The molecular weight excluding hydrogens is 368 g/mol. The molecule has 0 aromatic rings. The molecule has 10 N–H and O–H groups in total.